The Balaban J connectivity index is 1.76. The van der Waals surface area contributed by atoms with Gasteiger partial charge in [-0.25, -0.2) is 9.97 Å². The molecule has 114 valence electrons. The molecule has 0 radical (unpaired) electrons. The number of fused-ring (bicyclic) bond motifs is 3. The summed E-state index contributed by atoms with van der Waals surface area (Å²) in [4.78, 5) is 22.3. The Morgan fingerprint density at radius 1 is 1.43 bits per heavy atom. The van der Waals surface area contributed by atoms with Crippen LogP contribution in [0, 0.1) is 11.3 Å². The lowest BCUT2D eigenvalue weighted by Crippen LogP contribution is -2.27. The molecule has 0 saturated carbocycles. The molecule has 1 saturated heterocycles. The predicted octanol–water partition coefficient (Wildman–Crippen LogP) is 1.74. The second kappa shape index (κ2) is 5.32. The van der Waals surface area contributed by atoms with E-state index in [-0.39, 0.29) is 18.2 Å². The third-order valence-corrected chi connectivity index (χ3v) is 4.40. The minimum atomic E-state index is -0.106. The number of aromatic nitrogens is 4. The van der Waals surface area contributed by atoms with E-state index in [1.54, 1.807) is 23.5 Å². The van der Waals surface area contributed by atoms with E-state index < -0.39 is 0 Å². The molecule has 0 spiro atoms. The summed E-state index contributed by atoms with van der Waals surface area (Å²) in [6.45, 7) is 1.28. The van der Waals surface area contributed by atoms with Gasteiger partial charge < -0.3 is 4.90 Å². The molecule has 1 aliphatic rings. The van der Waals surface area contributed by atoms with Crippen molar-refractivity contribution in [3.8, 4) is 6.07 Å². The summed E-state index contributed by atoms with van der Waals surface area (Å²) < 4.78 is 0. The van der Waals surface area contributed by atoms with Crippen LogP contribution in [0.2, 0.25) is 0 Å². The lowest BCUT2D eigenvalue weighted by Gasteiger charge is -2.16. The van der Waals surface area contributed by atoms with Crippen molar-refractivity contribution >= 4 is 27.7 Å². The van der Waals surface area contributed by atoms with E-state index in [0.29, 0.717) is 18.7 Å². The molecule has 0 aliphatic carbocycles. The lowest BCUT2D eigenvalue weighted by molar-refractivity contribution is -0.129. The fraction of sp³-hybridized carbons (Fsp3) is 0.312. The monoisotopic (exact) mass is 306 g/mol. The molecule has 4 heterocycles. The van der Waals surface area contributed by atoms with E-state index >= 15 is 0 Å². The smallest absolute Gasteiger partial charge is 0.236 e. The van der Waals surface area contributed by atoms with E-state index in [1.165, 1.54) is 0 Å². The Morgan fingerprint density at radius 3 is 3.22 bits per heavy atom. The number of aromatic amines is 1. The van der Waals surface area contributed by atoms with E-state index in [1.807, 2.05) is 12.1 Å². The summed E-state index contributed by atoms with van der Waals surface area (Å²) in [7, 11) is 0. The van der Waals surface area contributed by atoms with Crippen molar-refractivity contribution in [1.82, 2.24) is 25.1 Å². The summed E-state index contributed by atoms with van der Waals surface area (Å²) in [6.07, 6.45) is 6.07. The molecule has 3 aromatic heterocycles. The highest BCUT2D eigenvalue weighted by Crippen LogP contribution is 2.33. The van der Waals surface area contributed by atoms with Gasteiger partial charge in [-0.3, -0.25) is 9.89 Å². The molecular formula is C16H14N6O. The first-order valence-corrected chi connectivity index (χ1v) is 7.49. The number of pyridine rings is 1. The normalized spacial score (nSPS) is 17.7. The highest BCUT2D eigenvalue weighted by molar-refractivity contribution is 6.05. The van der Waals surface area contributed by atoms with Crippen molar-refractivity contribution in [2.24, 2.45) is 0 Å². The average molecular weight is 306 g/mol. The fourth-order valence-electron chi connectivity index (χ4n) is 3.30. The van der Waals surface area contributed by atoms with Gasteiger partial charge in [-0.15, -0.1) is 0 Å². The van der Waals surface area contributed by atoms with Crippen molar-refractivity contribution < 1.29 is 4.79 Å². The number of hydrogen-bond acceptors (Lipinski definition) is 5. The minimum absolute atomic E-state index is 0.0643. The zero-order chi connectivity index (χ0) is 15.8. The minimum Gasteiger partial charge on any atom is -0.341 e. The summed E-state index contributed by atoms with van der Waals surface area (Å²) in [6, 6.07) is 3.88. The van der Waals surface area contributed by atoms with Gasteiger partial charge >= 0.3 is 0 Å². The van der Waals surface area contributed by atoms with Crippen molar-refractivity contribution in [3.63, 3.8) is 0 Å². The standard InChI is InChI=1S/C16H14N6O/c17-4-1-13(23)22-6-3-10(9-22)15-14-11(8-20-21-15)7-19-16-12(14)2-5-18-16/h2,5,7-8,10,21H,1,3,6,9H2. The Hall–Kier alpha value is -3.01. The molecule has 1 aliphatic heterocycles. The van der Waals surface area contributed by atoms with Crippen LogP contribution in [-0.4, -0.2) is 44.1 Å². The summed E-state index contributed by atoms with van der Waals surface area (Å²) in [5.41, 5.74) is 1.73. The Labute approximate surface area is 131 Å². The van der Waals surface area contributed by atoms with Gasteiger partial charge in [0.15, 0.2) is 5.65 Å². The third-order valence-electron chi connectivity index (χ3n) is 4.40. The molecule has 4 rings (SSSR count). The molecule has 1 fully saturated rings. The molecule has 1 atom stereocenters. The topological polar surface area (TPSA) is 98.6 Å². The van der Waals surface area contributed by atoms with Gasteiger partial charge in [-0.1, -0.05) is 0 Å². The zero-order valence-corrected chi connectivity index (χ0v) is 12.4. The van der Waals surface area contributed by atoms with Gasteiger partial charge in [-0.05, 0) is 12.5 Å². The number of nitrogens with zero attached hydrogens (tertiary/aromatic N) is 5. The van der Waals surface area contributed by atoms with Crippen molar-refractivity contribution in [3.05, 3.63) is 30.4 Å². The van der Waals surface area contributed by atoms with Crippen molar-refractivity contribution in [2.45, 2.75) is 18.8 Å². The number of nitriles is 1. The summed E-state index contributed by atoms with van der Waals surface area (Å²) in [5.74, 6) is 0.0688. The molecule has 1 amide bonds. The first-order valence-electron chi connectivity index (χ1n) is 7.49. The second-order valence-corrected chi connectivity index (χ2v) is 5.71. The molecular weight excluding hydrogens is 292 g/mol. The largest absolute Gasteiger partial charge is 0.341 e. The highest BCUT2D eigenvalue weighted by atomic mass is 16.2. The van der Waals surface area contributed by atoms with Gasteiger partial charge in [0.25, 0.3) is 0 Å². The van der Waals surface area contributed by atoms with Gasteiger partial charge in [0.05, 0.1) is 12.3 Å². The number of nitrogens with one attached hydrogen (secondary N) is 1. The molecule has 1 unspecified atom stereocenters. The zero-order valence-electron chi connectivity index (χ0n) is 12.4. The summed E-state index contributed by atoms with van der Waals surface area (Å²) >= 11 is 0. The van der Waals surface area contributed by atoms with Crippen LogP contribution in [0.5, 0.6) is 0 Å². The highest BCUT2D eigenvalue weighted by Gasteiger charge is 2.29. The van der Waals surface area contributed by atoms with Crippen molar-refractivity contribution in [2.75, 3.05) is 13.1 Å². The molecule has 0 aromatic carbocycles. The molecule has 0 bridgehead atoms. The second-order valence-electron chi connectivity index (χ2n) is 5.71. The average Bonchev–Trinajstić information content (AvgIpc) is 3.23. The van der Waals surface area contributed by atoms with Crippen molar-refractivity contribution in [1.29, 1.82) is 5.26 Å². The maximum atomic E-state index is 11.9. The number of rotatable bonds is 2. The molecule has 7 heteroatoms. The molecule has 1 N–H and O–H groups in total. The number of likely N-dealkylation sites (tertiary alicyclic amines) is 1. The fourth-order valence-corrected chi connectivity index (χ4v) is 3.30. The quantitative estimate of drug-likeness (QED) is 0.777. The van der Waals surface area contributed by atoms with Crippen LogP contribution in [0.15, 0.2) is 24.7 Å². The van der Waals surface area contributed by atoms with E-state index in [9.17, 15) is 4.79 Å². The Morgan fingerprint density at radius 2 is 2.35 bits per heavy atom. The van der Waals surface area contributed by atoms with Crippen LogP contribution in [-0.2, 0) is 4.79 Å². The maximum absolute atomic E-state index is 11.9. The van der Waals surface area contributed by atoms with Crippen LogP contribution in [0.4, 0.5) is 0 Å². The van der Waals surface area contributed by atoms with Crippen LogP contribution < -0.4 is 0 Å². The predicted molar refractivity (Wildman–Crippen MR) is 83.4 cm³/mol. The maximum Gasteiger partial charge on any atom is 0.236 e. The van der Waals surface area contributed by atoms with Crippen LogP contribution in [0.1, 0.15) is 24.5 Å². The lowest BCUT2D eigenvalue weighted by atomic mass is 9.98. The molecule has 3 aromatic rings. The van der Waals surface area contributed by atoms with Crippen LogP contribution in [0.3, 0.4) is 0 Å². The molecule has 7 nitrogen and oxygen atoms in total. The van der Waals surface area contributed by atoms with Crippen LogP contribution >= 0.6 is 0 Å². The van der Waals surface area contributed by atoms with Gasteiger partial charge in [0.1, 0.15) is 6.42 Å². The van der Waals surface area contributed by atoms with Gasteiger partial charge in [0, 0.05) is 53.3 Å². The number of H-pyrrole nitrogens is 1. The number of carbonyl (C=O) groups excluding carboxylic acids is 1. The number of amides is 1. The van der Waals surface area contributed by atoms with E-state index in [2.05, 4.69) is 20.2 Å². The van der Waals surface area contributed by atoms with Gasteiger partial charge in [-0.2, -0.15) is 10.4 Å². The number of hydrogen-bond donors (Lipinski definition) is 1. The first kappa shape index (κ1) is 13.6. The Bertz CT molecular complexity index is 941. The SMILES string of the molecule is N#CCC(=O)N1CCC(c2[nH]ncc3cnc4nccc4c23)C1. The third kappa shape index (κ3) is 2.19. The van der Waals surface area contributed by atoms with Gasteiger partial charge in [0.2, 0.25) is 5.91 Å². The van der Waals surface area contributed by atoms with Crippen LogP contribution in [0.25, 0.3) is 21.8 Å². The number of carbonyl (C=O) groups is 1. The first-order chi connectivity index (χ1) is 11.3. The Kier molecular flexibility index (Phi) is 3.15. The van der Waals surface area contributed by atoms with E-state index in [0.717, 1.165) is 28.3 Å². The summed E-state index contributed by atoms with van der Waals surface area (Å²) in [5, 5.41) is 19.0. The molecule has 23 heavy (non-hydrogen) atoms. The van der Waals surface area contributed by atoms with E-state index in [4.69, 9.17) is 5.26 Å².